The molecule has 30 heavy (non-hydrogen) atoms. The third kappa shape index (κ3) is 10.4. The molecule has 1 heterocycles. The summed E-state index contributed by atoms with van der Waals surface area (Å²) >= 11 is 1.47. The number of hydrogen-bond donors (Lipinski definition) is 3. The molecule has 0 aliphatic carbocycles. The van der Waals surface area contributed by atoms with E-state index in [1.54, 1.807) is 20.8 Å². The van der Waals surface area contributed by atoms with Gasteiger partial charge in [0.2, 0.25) is 5.91 Å². The minimum absolute atomic E-state index is 0.210. The number of ether oxygens (including phenoxy) is 1. The van der Waals surface area contributed by atoms with Gasteiger partial charge >= 0.3 is 6.09 Å². The summed E-state index contributed by atoms with van der Waals surface area (Å²) < 4.78 is 5.28. The van der Waals surface area contributed by atoms with Crippen molar-refractivity contribution in [3.8, 4) is 0 Å². The van der Waals surface area contributed by atoms with Crippen LogP contribution in [0.15, 0.2) is 6.20 Å². The Bertz CT molecular complexity index is 677. The van der Waals surface area contributed by atoms with Crippen molar-refractivity contribution in [2.45, 2.75) is 98.8 Å². The SMILES string of the molecule is CCCC(NC(=O)OC(C)(C)C)C(=O)Nc1ncc(C(CC)NCCC(C)(C)C)s1. The summed E-state index contributed by atoms with van der Waals surface area (Å²) in [6, 6.07) is -0.453. The van der Waals surface area contributed by atoms with E-state index in [9.17, 15) is 9.59 Å². The molecule has 1 aromatic heterocycles. The van der Waals surface area contributed by atoms with E-state index in [4.69, 9.17) is 4.74 Å². The third-order valence-corrected chi connectivity index (χ3v) is 5.38. The van der Waals surface area contributed by atoms with E-state index in [0.717, 1.165) is 30.7 Å². The van der Waals surface area contributed by atoms with E-state index in [-0.39, 0.29) is 17.4 Å². The topological polar surface area (TPSA) is 92.3 Å². The number of nitrogens with zero attached hydrogens (tertiary/aromatic N) is 1. The van der Waals surface area contributed by atoms with Crippen molar-refractivity contribution >= 4 is 28.5 Å². The number of rotatable bonds is 10. The third-order valence-electron chi connectivity index (χ3n) is 4.36. The summed E-state index contributed by atoms with van der Waals surface area (Å²) in [5, 5.41) is 9.64. The molecular weight excluding hydrogens is 400 g/mol. The van der Waals surface area contributed by atoms with Gasteiger partial charge in [0.05, 0.1) is 0 Å². The molecule has 8 heteroatoms. The lowest BCUT2D eigenvalue weighted by Gasteiger charge is -2.23. The average molecular weight is 441 g/mol. The molecule has 3 N–H and O–H groups in total. The Morgan fingerprint density at radius 1 is 1.17 bits per heavy atom. The lowest BCUT2D eigenvalue weighted by atomic mass is 9.92. The van der Waals surface area contributed by atoms with Gasteiger partial charge in [0.25, 0.3) is 0 Å². The van der Waals surface area contributed by atoms with Gasteiger partial charge in [-0.05, 0) is 52.0 Å². The first-order valence-electron chi connectivity index (χ1n) is 10.8. The second-order valence-corrected chi connectivity index (χ2v) is 10.8. The molecule has 0 radical (unpaired) electrons. The fraction of sp³-hybridized carbons (Fsp3) is 0.773. The maximum absolute atomic E-state index is 12.7. The van der Waals surface area contributed by atoms with Gasteiger partial charge in [-0.25, -0.2) is 9.78 Å². The van der Waals surface area contributed by atoms with E-state index < -0.39 is 17.7 Å². The van der Waals surface area contributed by atoms with Crippen molar-refractivity contribution in [1.82, 2.24) is 15.6 Å². The number of hydrogen-bond acceptors (Lipinski definition) is 6. The van der Waals surface area contributed by atoms with Crippen LogP contribution in [0.4, 0.5) is 9.93 Å². The molecule has 2 amide bonds. The van der Waals surface area contributed by atoms with E-state index >= 15 is 0 Å². The molecule has 0 fully saturated rings. The smallest absolute Gasteiger partial charge is 0.408 e. The molecule has 1 rings (SSSR count). The van der Waals surface area contributed by atoms with Crippen molar-refractivity contribution in [3.63, 3.8) is 0 Å². The van der Waals surface area contributed by atoms with Gasteiger partial charge < -0.3 is 20.7 Å². The van der Waals surface area contributed by atoms with Gasteiger partial charge in [-0.2, -0.15) is 0 Å². The highest BCUT2D eigenvalue weighted by Crippen LogP contribution is 2.27. The van der Waals surface area contributed by atoms with Crippen molar-refractivity contribution in [1.29, 1.82) is 0 Å². The molecular formula is C22H40N4O3S. The maximum atomic E-state index is 12.7. The summed E-state index contributed by atoms with van der Waals surface area (Å²) in [6.07, 6.45) is 4.53. The van der Waals surface area contributed by atoms with Gasteiger partial charge in [0.15, 0.2) is 5.13 Å². The maximum Gasteiger partial charge on any atom is 0.408 e. The predicted molar refractivity (Wildman–Crippen MR) is 124 cm³/mol. The summed E-state index contributed by atoms with van der Waals surface area (Å²) in [6.45, 7) is 17.1. The highest BCUT2D eigenvalue weighted by molar-refractivity contribution is 7.15. The van der Waals surface area contributed by atoms with E-state index in [0.29, 0.717) is 11.6 Å². The number of alkyl carbamates (subject to hydrolysis) is 1. The van der Waals surface area contributed by atoms with Crippen LogP contribution in [0.2, 0.25) is 0 Å². The monoisotopic (exact) mass is 440 g/mol. The normalized spacial score (nSPS) is 14.1. The van der Waals surface area contributed by atoms with E-state index in [1.165, 1.54) is 11.3 Å². The lowest BCUT2D eigenvalue weighted by molar-refractivity contribution is -0.118. The van der Waals surface area contributed by atoms with Crippen LogP contribution in [0.5, 0.6) is 0 Å². The van der Waals surface area contributed by atoms with Gasteiger partial charge in [-0.15, -0.1) is 11.3 Å². The molecule has 0 saturated carbocycles. The predicted octanol–water partition coefficient (Wildman–Crippen LogP) is 5.25. The zero-order chi connectivity index (χ0) is 22.9. The van der Waals surface area contributed by atoms with Gasteiger partial charge in [-0.1, -0.05) is 41.0 Å². The molecule has 2 unspecified atom stereocenters. The largest absolute Gasteiger partial charge is 0.444 e. The lowest BCUT2D eigenvalue weighted by Crippen LogP contribution is -2.45. The molecule has 1 aromatic rings. The van der Waals surface area contributed by atoms with Gasteiger partial charge in [-0.3, -0.25) is 4.79 Å². The van der Waals surface area contributed by atoms with Crippen LogP contribution < -0.4 is 16.0 Å². The first-order chi connectivity index (χ1) is 13.8. The number of carbonyl (C=O) groups is 2. The van der Waals surface area contributed by atoms with Crippen LogP contribution in [0.3, 0.4) is 0 Å². The first-order valence-corrected chi connectivity index (χ1v) is 11.7. The molecule has 0 aliphatic rings. The number of nitrogens with one attached hydrogen (secondary N) is 3. The molecule has 0 bridgehead atoms. The minimum atomic E-state index is -0.663. The molecule has 7 nitrogen and oxygen atoms in total. The number of amides is 2. The molecule has 2 atom stereocenters. The number of aromatic nitrogens is 1. The highest BCUT2D eigenvalue weighted by Gasteiger charge is 2.25. The van der Waals surface area contributed by atoms with E-state index in [2.05, 4.69) is 48.6 Å². The first kappa shape index (κ1) is 26.4. The second kappa shape index (κ2) is 11.6. The second-order valence-electron chi connectivity index (χ2n) is 9.77. The van der Waals surface area contributed by atoms with Crippen LogP contribution in [0.25, 0.3) is 0 Å². The summed E-state index contributed by atoms with van der Waals surface area (Å²) in [5.74, 6) is -0.280. The standard InChI is InChI=1S/C22H40N4O3S/c1-9-11-16(25-20(28)29-22(6,7)8)18(27)26-19-24-14-17(30-19)15(10-2)23-13-12-21(3,4)5/h14-16,23H,9-13H2,1-8H3,(H,25,28)(H,24,26,27). The van der Waals surface area contributed by atoms with Crippen LogP contribution in [-0.4, -0.2) is 35.2 Å². The van der Waals surface area contributed by atoms with Crippen LogP contribution >= 0.6 is 11.3 Å². The van der Waals surface area contributed by atoms with Crippen molar-refractivity contribution < 1.29 is 14.3 Å². The number of anilines is 1. The Labute approximate surface area is 185 Å². The molecule has 0 aliphatic heterocycles. The molecule has 0 aromatic carbocycles. The minimum Gasteiger partial charge on any atom is -0.444 e. The Kier molecular flexibility index (Phi) is 10.2. The fourth-order valence-electron chi connectivity index (χ4n) is 2.77. The van der Waals surface area contributed by atoms with Crippen molar-refractivity contribution in [2.24, 2.45) is 5.41 Å². The molecule has 172 valence electrons. The molecule has 0 spiro atoms. The Hall–Kier alpha value is -1.67. The van der Waals surface area contributed by atoms with Crippen LogP contribution in [0.1, 0.15) is 92.0 Å². The van der Waals surface area contributed by atoms with Crippen molar-refractivity contribution in [2.75, 3.05) is 11.9 Å². The van der Waals surface area contributed by atoms with Gasteiger partial charge in [0.1, 0.15) is 11.6 Å². The van der Waals surface area contributed by atoms with Crippen molar-refractivity contribution in [3.05, 3.63) is 11.1 Å². The summed E-state index contributed by atoms with van der Waals surface area (Å²) in [7, 11) is 0. The zero-order valence-electron chi connectivity index (χ0n) is 19.8. The van der Waals surface area contributed by atoms with Crippen LogP contribution in [-0.2, 0) is 9.53 Å². The van der Waals surface area contributed by atoms with E-state index in [1.807, 2.05) is 13.1 Å². The Morgan fingerprint density at radius 2 is 1.83 bits per heavy atom. The zero-order valence-corrected chi connectivity index (χ0v) is 20.7. The highest BCUT2D eigenvalue weighted by atomic mass is 32.1. The van der Waals surface area contributed by atoms with Gasteiger partial charge in [0, 0.05) is 17.1 Å². The Morgan fingerprint density at radius 3 is 2.37 bits per heavy atom. The summed E-state index contributed by atoms with van der Waals surface area (Å²) in [4.78, 5) is 30.2. The van der Waals surface area contributed by atoms with Crippen LogP contribution in [0, 0.1) is 5.41 Å². The number of carbonyl (C=O) groups excluding carboxylic acids is 2. The number of thiazole rings is 1. The Balaban J connectivity index is 2.70. The molecule has 0 saturated heterocycles. The summed E-state index contributed by atoms with van der Waals surface area (Å²) in [5.41, 5.74) is -0.329. The average Bonchev–Trinajstić information content (AvgIpc) is 3.04. The fourth-order valence-corrected chi connectivity index (χ4v) is 3.75. The quantitative estimate of drug-likeness (QED) is 0.462.